The van der Waals surface area contributed by atoms with Crippen LogP contribution in [0.4, 0.5) is 0 Å². The standard InChI is InChI=1S/C15H22O2/c1-7-3-8-4-10(7)14-11-5-9(13(8)14)6-12(11)15(16)17-2/h7-14H,3-6H2,1-2H3. The van der Waals surface area contributed by atoms with Crippen molar-refractivity contribution in [2.75, 3.05) is 7.11 Å². The molecule has 4 aliphatic carbocycles. The Kier molecular flexibility index (Phi) is 2.00. The highest BCUT2D eigenvalue weighted by atomic mass is 16.5. The highest BCUT2D eigenvalue weighted by Crippen LogP contribution is 2.70. The van der Waals surface area contributed by atoms with Gasteiger partial charge < -0.3 is 4.74 Å². The minimum atomic E-state index is 0.0753. The smallest absolute Gasteiger partial charge is 0.308 e. The Hall–Kier alpha value is -0.530. The average molecular weight is 234 g/mol. The topological polar surface area (TPSA) is 26.3 Å². The van der Waals surface area contributed by atoms with E-state index in [-0.39, 0.29) is 11.9 Å². The summed E-state index contributed by atoms with van der Waals surface area (Å²) in [6, 6.07) is 0. The largest absolute Gasteiger partial charge is 0.469 e. The van der Waals surface area contributed by atoms with Crippen LogP contribution in [-0.2, 0) is 9.53 Å². The molecule has 0 saturated heterocycles. The van der Waals surface area contributed by atoms with E-state index in [1.165, 1.54) is 19.3 Å². The van der Waals surface area contributed by atoms with E-state index in [1.54, 1.807) is 7.11 Å². The van der Waals surface area contributed by atoms with Gasteiger partial charge in [0.15, 0.2) is 0 Å². The molecule has 0 aromatic heterocycles. The maximum absolute atomic E-state index is 11.9. The average Bonchev–Trinajstić information content (AvgIpc) is 3.02. The number of carbonyl (C=O) groups excluding carboxylic acids is 1. The second-order valence-electron chi connectivity index (χ2n) is 7.05. The van der Waals surface area contributed by atoms with Crippen LogP contribution in [0.3, 0.4) is 0 Å². The van der Waals surface area contributed by atoms with Crippen molar-refractivity contribution in [3.63, 3.8) is 0 Å². The number of rotatable bonds is 1. The first-order chi connectivity index (χ1) is 8.20. The van der Waals surface area contributed by atoms with Crippen LogP contribution in [0.2, 0.25) is 0 Å². The highest BCUT2D eigenvalue weighted by molar-refractivity contribution is 5.73. The van der Waals surface area contributed by atoms with Crippen LogP contribution < -0.4 is 0 Å². The van der Waals surface area contributed by atoms with Gasteiger partial charge in [0.25, 0.3) is 0 Å². The molecule has 0 heterocycles. The van der Waals surface area contributed by atoms with Crippen LogP contribution in [0.15, 0.2) is 0 Å². The Balaban J connectivity index is 1.63. The van der Waals surface area contributed by atoms with Crippen molar-refractivity contribution in [2.45, 2.75) is 32.6 Å². The van der Waals surface area contributed by atoms with E-state index in [2.05, 4.69) is 6.92 Å². The molecule has 0 amide bonds. The molecule has 4 fully saturated rings. The van der Waals surface area contributed by atoms with E-state index in [1.807, 2.05) is 0 Å². The van der Waals surface area contributed by atoms with Gasteiger partial charge in [0.2, 0.25) is 0 Å². The molecule has 94 valence electrons. The summed E-state index contributed by atoms with van der Waals surface area (Å²) in [4.78, 5) is 11.9. The summed E-state index contributed by atoms with van der Waals surface area (Å²) < 4.78 is 5.00. The lowest BCUT2D eigenvalue weighted by Crippen LogP contribution is -2.38. The Bertz CT molecular complexity index is 364. The number of hydrogen-bond donors (Lipinski definition) is 0. The Morgan fingerprint density at radius 2 is 1.71 bits per heavy atom. The molecule has 4 rings (SSSR count). The van der Waals surface area contributed by atoms with Crippen LogP contribution in [0.25, 0.3) is 0 Å². The van der Waals surface area contributed by atoms with Crippen molar-refractivity contribution in [2.24, 2.45) is 47.3 Å². The van der Waals surface area contributed by atoms with Gasteiger partial charge in [-0.2, -0.15) is 0 Å². The number of ether oxygens (including phenoxy) is 1. The molecule has 17 heavy (non-hydrogen) atoms. The maximum Gasteiger partial charge on any atom is 0.308 e. The summed E-state index contributed by atoms with van der Waals surface area (Å²) in [7, 11) is 1.55. The van der Waals surface area contributed by atoms with Gasteiger partial charge in [-0.25, -0.2) is 0 Å². The zero-order chi connectivity index (χ0) is 11.7. The zero-order valence-corrected chi connectivity index (χ0v) is 10.8. The van der Waals surface area contributed by atoms with Crippen LogP contribution in [-0.4, -0.2) is 13.1 Å². The molecule has 2 nitrogen and oxygen atoms in total. The van der Waals surface area contributed by atoms with Gasteiger partial charge >= 0.3 is 5.97 Å². The summed E-state index contributed by atoms with van der Waals surface area (Å²) in [6.07, 6.45) is 5.40. The summed E-state index contributed by atoms with van der Waals surface area (Å²) in [5.41, 5.74) is 0. The van der Waals surface area contributed by atoms with Gasteiger partial charge in [-0.3, -0.25) is 4.79 Å². The second kappa shape index (κ2) is 3.27. The predicted molar refractivity (Wildman–Crippen MR) is 64.1 cm³/mol. The fourth-order valence-electron chi connectivity index (χ4n) is 6.36. The molecule has 0 aromatic rings. The Labute approximate surface area is 103 Å². The Morgan fingerprint density at radius 3 is 2.47 bits per heavy atom. The number of hydrogen-bond acceptors (Lipinski definition) is 2. The van der Waals surface area contributed by atoms with Crippen molar-refractivity contribution in [3.05, 3.63) is 0 Å². The molecular weight excluding hydrogens is 212 g/mol. The normalized spacial score (nSPS) is 58.5. The first-order valence-electron chi connectivity index (χ1n) is 7.28. The van der Waals surface area contributed by atoms with Gasteiger partial charge in [-0.05, 0) is 67.1 Å². The number of carbonyl (C=O) groups is 1. The molecule has 8 unspecified atom stereocenters. The van der Waals surface area contributed by atoms with E-state index in [9.17, 15) is 4.79 Å². The molecule has 4 aliphatic rings. The summed E-state index contributed by atoms with van der Waals surface area (Å²) in [5, 5.41) is 0. The molecule has 4 saturated carbocycles. The Morgan fingerprint density at radius 1 is 1.00 bits per heavy atom. The summed E-state index contributed by atoms with van der Waals surface area (Å²) in [6.45, 7) is 2.43. The maximum atomic E-state index is 11.9. The summed E-state index contributed by atoms with van der Waals surface area (Å²) >= 11 is 0. The quantitative estimate of drug-likeness (QED) is 0.515. The third-order valence-electron chi connectivity index (χ3n) is 6.65. The van der Waals surface area contributed by atoms with Crippen molar-refractivity contribution < 1.29 is 9.53 Å². The third kappa shape index (κ3) is 1.15. The van der Waals surface area contributed by atoms with Gasteiger partial charge in [0, 0.05) is 0 Å². The minimum absolute atomic E-state index is 0.0753. The lowest BCUT2D eigenvalue weighted by atomic mass is 9.65. The van der Waals surface area contributed by atoms with E-state index in [0.29, 0.717) is 5.92 Å². The molecule has 2 heteroatoms. The number of methoxy groups -OCH3 is 1. The van der Waals surface area contributed by atoms with Crippen molar-refractivity contribution in [1.29, 1.82) is 0 Å². The van der Waals surface area contributed by atoms with E-state index < -0.39 is 0 Å². The molecule has 0 spiro atoms. The molecule has 0 N–H and O–H groups in total. The molecular formula is C15H22O2. The number of esters is 1. The van der Waals surface area contributed by atoms with Crippen LogP contribution in [0.1, 0.15) is 32.6 Å². The van der Waals surface area contributed by atoms with Crippen molar-refractivity contribution >= 4 is 5.97 Å². The third-order valence-corrected chi connectivity index (χ3v) is 6.65. The van der Waals surface area contributed by atoms with Crippen LogP contribution in [0.5, 0.6) is 0 Å². The molecule has 8 atom stereocenters. The zero-order valence-electron chi connectivity index (χ0n) is 10.8. The fourth-order valence-corrected chi connectivity index (χ4v) is 6.36. The lowest BCUT2D eigenvalue weighted by molar-refractivity contribution is -0.149. The second-order valence-corrected chi connectivity index (χ2v) is 7.05. The fraction of sp³-hybridized carbons (Fsp3) is 0.933. The SMILES string of the molecule is COC(=O)C1CC2CC1C1C3CC(CC3C)C21. The monoisotopic (exact) mass is 234 g/mol. The predicted octanol–water partition coefficient (Wildman–Crippen LogP) is 2.72. The van der Waals surface area contributed by atoms with Crippen LogP contribution in [0, 0.1) is 47.3 Å². The lowest BCUT2D eigenvalue weighted by Gasteiger charge is -2.40. The molecule has 0 aliphatic heterocycles. The summed E-state index contributed by atoms with van der Waals surface area (Å²) in [5.74, 6) is 6.59. The first kappa shape index (κ1) is 10.4. The van der Waals surface area contributed by atoms with Crippen molar-refractivity contribution in [3.8, 4) is 0 Å². The van der Waals surface area contributed by atoms with E-state index in [4.69, 9.17) is 4.74 Å². The molecule has 4 bridgehead atoms. The van der Waals surface area contributed by atoms with Gasteiger partial charge in [-0.1, -0.05) is 6.92 Å². The molecule has 0 aromatic carbocycles. The molecule has 0 radical (unpaired) electrons. The van der Waals surface area contributed by atoms with Crippen molar-refractivity contribution in [1.82, 2.24) is 0 Å². The van der Waals surface area contributed by atoms with Crippen LogP contribution >= 0.6 is 0 Å². The number of fused-ring (bicyclic) bond motifs is 9. The van der Waals surface area contributed by atoms with Gasteiger partial charge in [0.05, 0.1) is 13.0 Å². The van der Waals surface area contributed by atoms with E-state index in [0.717, 1.165) is 41.9 Å². The van der Waals surface area contributed by atoms with Gasteiger partial charge in [-0.15, -0.1) is 0 Å². The minimum Gasteiger partial charge on any atom is -0.469 e. The first-order valence-corrected chi connectivity index (χ1v) is 7.28. The highest BCUT2D eigenvalue weighted by Gasteiger charge is 2.64. The van der Waals surface area contributed by atoms with E-state index >= 15 is 0 Å². The van der Waals surface area contributed by atoms with Gasteiger partial charge in [0.1, 0.15) is 0 Å².